The summed E-state index contributed by atoms with van der Waals surface area (Å²) < 4.78 is 62.4. The molecule has 0 aromatic heterocycles. The molecule has 128 valence electrons. The lowest BCUT2D eigenvalue weighted by Crippen LogP contribution is -2.39. The first-order valence-electron chi connectivity index (χ1n) is 6.79. The zero-order chi connectivity index (χ0) is 17.2. The predicted molar refractivity (Wildman–Crippen MR) is 74.2 cm³/mol. The third-order valence-electron chi connectivity index (χ3n) is 3.26. The van der Waals surface area contributed by atoms with Gasteiger partial charge in [-0.2, -0.15) is 21.6 Å². The first-order chi connectivity index (χ1) is 9.83. The molecule has 0 saturated carbocycles. The Bertz CT molecular complexity index is 547. The molecule has 0 amide bonds. The number of hydrogen-bond acceptors (Lipinski definition) is 5. The van der Waals surface area contributed by atoms with E-state index in [0.29, 0.717) is 12.8 Å². The van der Waals surface area contributed by atoms with Crippen LogP contribution in [0.1, 0.15) is 40.0 Å². The average molecular weight is 343 g/mol. The summed E-state index contributed by atoms with van der Waals surface area (Å²) >= 11 is 0. The summed E-state index contributed by atoms with van der Waals surface area (Å²) in [6.07, 6.45) is 2.08. The summed E-state index contributed by atoms with van der Waals surface area (Å²) in [5, 5.41) is 3.02. The number of allylic oxidation sites excluding steroid dienone is 1. The molecule has 9 heteroatoms. The van der Waals surface area contributed by atoms with E-state index in [9.17, 15) is 26.4 Å². The third kappa shape index (κ3) is 5.28. The molecule has 1 N–H and O–H groups in total. The Morgan fingerprint density at radius 2 is 1.95 bits per heavy atom. The summed E-state index contributed by atoms with van der Waals surface area (Å²) in [4.78, 5) is 11.8. The Balaban J connectivity index is 2.52. The van der Waals surface area contributed by atoms with Crippen molar-refractivity contribution >= 4 is 15.9 Å². The van der Waals surface area contributed by atoms with Gasteiger partial charge in [-0.3, -0.25) is 4.79 Å². The van der Waals surface area contributed by atoms with Crippen molar-refractivity contribution in [3.05, 3.63) is 11.8 Å². The quantitative estimate of drug-likeness (QED) is 0.613. The highest BCUT2D eigenvalue weighted by molar-refractivity contribution is 7.87. The Morgan fingerprint density at radius 3 is 2.36 bits per heavy atom. The summed E-state index contributed by atoms with van der Waals surface area (Å²) in [5.74, 6) is -0.185. The van der Waals surface area contributed by atoms with Gasteiger partial charge in [0.15, 0.2) is 5.78 Å². The van der Waals surface area contributed by atoms with Crippen LogP contribution < -0.4 is 5.32 Å². The van der Waals surface area contributed by atoms with E-state index in [1.807, 2.05) is 0 Å². The third-order valence-corrected chi connectivity index (χ3v) is 4.26. The first kappa shape index (κ1) is 19.0. The highest BCUT2D eigenvalue weighted by Crippen LogP contribution is 2.29. The molecule has 5 nitrogen and oxygen atoms in total. The van der Waals surface area contributed by atoms with Crippen LogP contribution in [0.2, 0.25) is 0 Å². The first-order valence-corrected chi connectivity index (χ1v) is 8.20. The van der Waals surface area contributed by atoms with Crippen molar-refractivity contribution in [2.75, 3.05) is 6.54 Å². The second-order valence-electron chi connectivity index (χ2n) is 6.18. The van der Waals surface area contributed by atoms with E-state index in [4.69, 9.17) is 0 Å². The number of halogens is 3. The number of carbonyl (C=O) groups is 1. The van der Waals surface area contributed by atoms with Gasteiger partial charge in [0.05, 0.1) is 6.54 Å². The molecule has 0 aliphatic heterocycles. The molecule has 1 unspecified atom stereocenters. The second-order valence-corrected chi connectivity index (χ2v) is 7.72. The lowest BCUT2D eigenvalue weighted by atomic mass is 9.90. The number of nitrogens with one attached hydrogen (secondary N) is 1. The van der Waals surface area contributed by atoms with Gasteiger partial charge in [0.1, 0.15) is 5.76 Å². The van der Waals surface area contributed by atoms with E-state index in [1.165, 1.54) is 6.08 Å². The fourth-order valence-corrected chi connectivity index (χ4v) is 2.29. The smallest absolute Gasteiger partial charge is 0.381 e. The normalized spacial score (nSPS) is 20.5. The van der Waals surface area contributed by atoms with Crippen LogP contribution in [0.4, 0.5) is 13.2 Å². The van der Waals surface area contributed by atoms with E-state index in [-0.39, 0.29) is 30.5 Å². The molecule has 1 rings (SSSR count). The van der Waals surface area contributed by atoms with Crippen molar-refractivity contribution in [3.8, 4) is 0 Å². The lowest BCUT2D eigenvalue weighted by molar-refractivity contribution is -0.125. The molecule has 1 atom stereocenters. The highest BCUT2D eigenvalue weighted by Gasteiger charge is 2.48. The minimum Gasteiger partial charge on any atom is -0.381 e. The van der Waals surface area contributed by atoms with Crippen LogP contribution in [-0.2, 0) is 19.1 Å². The van der Waals surface area contributed by atoms with Crippen LogP contribution in [0.3, 0.4) is 0 Å². The monoisotopic (exact) mass is 343 g/mol. The van der Waals surface area contributed by atoms with Crippen LogP contribution in [0.25, 0.3) is 0 Å². The van der Waals surface area contributed by atoms with Gasteiger partial charge in [0.2, 0.25) is 0 Å². The van der Waals surface area contributed by atoms with Crippen molar-refractivity contribution in [2.45, 2.75) is 51.6 Å². The summed E-state index contributed by atoms with van der Waals surface area (Å²) in [5.41, 5.74) is -5.89. The summed E-state index contributed by atoms with van der Waals surface area (Å²) in [6, 6.07) is -0.0905. The van der Waals surface area contributed by atoms with Crippen LogP contribution in [0.15, 0.2) is 11.8 Å². The van der Waals surface area contributed by atoms with E-state index >= 15 is 0 Å². The number of Topliss-reactive ketones (excluding diaryl/α,β-unsaturated/α-hetero) is 1. The number of ketones is 1. The molecule has 1 aliphatic rings. The van der Waals surface area contributed by atoms with Crippen molar-refractivity contribution in [1.82, 2.24) is 5.32 Å². The topological polar surface area (TPSA) is 72.5 Å². The maximum atomic E-state index is 12.2. The second kappa shape index (κ2) is 6.57. The lowest BCUT2D eigenvalue weighted by Gasteiger charge is -2.24. The minimum absolute atomic E-state index is 0.0261. The van der Waals surface area contributed by atoms with E-state index in [2.05, 4.69) is 9.50 Å². The molecule has 0 spiro atoms. The molecule has 0 heterocycles. The molecular weight excluding hydrogens is 323 g/mol. The summed E-state index contributed by atoms with van der Waals surface area (Å²) in [6.45, 7) is 5.56. The van der Waals surface area contributed by atoms with Crippen LogP contribution in [-0.4, -0.2) is 32.3 Å². The zero-order valence-corrected chi connectivity index (χ0v) is 13.5. The molecule has 0 aromatic rings. The number of carbonyl (C=O) groups excluding carboxylic acids is 1. The van der Waals surface area contributed by atoms with Gasteiger partial charge in [-0.1, -0.05) is 20.8 Å². The average Bonchev–Trinajstić information content (AvgIpc) is 2.34. The maximum Gasteiger partial charge on any atom is 0.534 e. The Kier molecular flexibility index (Phi) is 5.66. The SMILES string of the molecule is CC(C)(C)C(=O)CNC1CC=C(OS(=O)(=O)C(F)(F)F)CC1. The molecule has 0 bridgehead atoms. The molecule has 0 saturated heterocycles. The van der Waals surface area contributed by atoms with Gasteiger partial charge in [-0.25, -0.2) is 0 Å². The number of rotatable bonds is 5. The number of alkyl halides is 3. The highest BCUT2D eigenvalue weighted by atomic mass is 32.2. The maximum absolute atomic E-state index is 12.2. The molecule has 22 heavy (non-hydrogen) atoms. The zero-order valence-electron chi connectivity index (χ0n) is 12.7. The molecule has 1 aliphatic carbocycles. The van der Waals surface area contributed by atoms with Crippen molar-refractivity contribution in [2.24, 2.45) is 5.41 Å². The van der Waals surface area contributed by atoms with Crippen LogP contribution >= 0.6 is 0 Å². The minimum atomic E-state index is -5.60. The largest absolute Gasteiger partial charge is 0.534 e. The standard InChI is InChI=1S/C13H20F3NO4S/c1-12(2,3)11(18)8-17-9-4-6-10(7-5-9)21-22(19,20)13(14,15)16/h6,9,17H,4-5,7-8H2,1-3H3. The van der Waals surface area contributed by atoms with Gasteiger partial charge in [-0.05, 0) is 18.9 Å². The fraction of sp³-hybridized carbons (Fsp3) is 0.769. The molecule has 0 fully saturated rings. The summed E-state index contributed by atoms with van der Waals surface area (Å²) in [7, 11) is -5.60. The van der Waals surface area contributed by atoms with Crippen molar-refractivity contribution in [3.63, 3.8) is 0 Å². The van der Waals surface area contributed by atoms with Crippen LogP contribution in [0.5, 0.6) is 0 Å². The van der Waals surface area contributed by atoms with Gasteiger partial charge >= 0.3 is 15.6 Å². The van der Waals surface area contributed by atoms with Gasteiger partial charge in [0, 0.05) is 17.9 Å². The van der Waals surface area contributed by atoms with Gasteiger partial charge in [-0.15, -0.1) is 0 Å². The van der Waals surface area contributed by atoms with E-state index in [0.717, 1.165) is 0 Å². The molecule has 0 aromatic carbocycles. The molecular formula is C13H20F3NO4S. The van der Waals surface area contributed by atoms with Crippen molar-refractivity contribution in [1.29, 1.82) is 0 Å². The van der Waals surface area contributed by atoms with Gasteiger partial charge in [0.25, 0.3) is 0 Å². The fourth-order valence-electron chi connectivity index (χ4n) is 1.76. The Hall–Kier alpha value is -1.09. The van der Waals surface area contributed by atoms with Gasteiger partial charge < -0.3 is 9.50 Å². The predicted octanol–water partition coefficient (Wildman–Crippen LogP) is 2.49. The van der Waals surface area contributed by atoms with E-state index in [1.54, 1.807) is 20.8 Å². The van der Waals surface area contributed by atoms with Crippen molar-refractivity contribution < 1.29 is 30.6 Å². The number of hydrogen-bond donors (Lipinski definition) is 1. The Labute approximate surface area is 128 Å². The van der Waals surface area contributed by atoms with E-state index < -0.39 is 21.0 Å². The van der Waals surface area contributed by atoms with Crippen LogP contribution in [0, 0.1) is 5.41 Å². The molecule has 0 radical (unpaired) electrons. The Morgan fingerprint density at radius 1 is 1.36 bits per heavy atom.